The van der Waals surface area contributed by atoms with Gasteiger partial charge in [0.2, 0.25) is 0 Å². The standard InChI is InChI=1S/C14H12N4/c1-11-5-2-3-6-13(11)12-9-16-18(10-12)14-7-4-8-15-17-14/h2-10H,1H3. The van der Waals surface area contributed by atoms with E-state index >= 15 is 0 Å². The zero-order valence-corrected chi connectivity index (χ0v) is 9.99. The minimum atomic E-state index is 0.720. The summed E-state index contributed by atoms with van der Waals surface area (Å²) in [6, 6.07) is 12.0. The van der Waals surface area contributed by atoms with Crippen LogP contribution in [0.4, 0.5) is 0 Å². The van der Waals surface area contributed by atoms with Gasteiger partial charge in [0.1, 0.15) is 0 Å². The molecule has 0 bridgehead atoms. The maximum atomic E-state index is 4.32. The molecule has 0 aliphatic heterocycles. The lowest BCUT2D eigenvalue weighted by Crippen LogP contribution is -1.97. The van der Waals surface area contributed by atoms with Gasteiger partial charge in [0, 0.05) is 18.0 Å². The van der Waals surface area contributed by atoms with Crippen LogP contribution in [0.5, 0.6) is 0 Å². The molecule has 0 aliphatic rings. The average molecular weight is 236 g/mol. The highest BCUT2D eigenvalue weighted by Gasteiger charge is 2.05. The Morgan fingerprint density at radius 3 is 2.72 bits per heavy atom. The molecule has 0 amide bonds. The molecule has 88 valence electrons. The molecule has 0 fully saturated rings. The molecule has 0 saturated carbocycles. The number of benzene rings is 1. The van der Waals surface area contributed by atoms with Crippen molar-refractivity contribution in [2.75, 3.05) is 0 Å². The predicted octanol–water partition coefficient (Wildman–Crippen LogP) is 2.64. The molecular weight excluding hydrogens is 224 g/mol. The molecule has 0 aliphatic carbocycles. The Balaban J connectivity index is 2.03. The van der Waals surface area contributed by atoms with Crippen LogP contribution >= 0.6 is 0 Å². The smallest absolute Gasteiger partial charge is 0.175 e. The number of aryl methyl sites for hydroxylation is 1. The summed E-state index contributed by atoms with van der Waals surface area (Å²) in [7, 11) is 0. The first-order chi connectivity index (χ1) is 8.84. The van der Waals surface area contributed by atoms with Gasteiger partial charge in [-0.05, 0) is 30.2 Å². The summed E-state index contributed by atoms with van der Waals surface area (Å²) in [5.41, 5.74) is 3.50. The van der Waals surface area contributed by atoms with E-state index in [1.807, 2.05) is 36.7 Å². The third-order valence-electron chi connectivity index (χ3n) is 2.83. The minimum Gasteiger partial charge on any atom is -0.220 e. The zero-order valence-electron chi connectivity index (χ0n) is 9.99. The van der Waals surface area contributed by atoms with Gasteiger partial charge < -0.3 is 0 Å². The van der Waals surface area contributed by atoms with Gasteiger partial charge >= 0.3 is 0 Å². The summed E-state index contributed by atoms with van der Waals surface area (Å²) in [5.74, 6) is 0.720. The van der Waals surface area contributed by atoms with Gasteiger partial charge in [0.25, 0.3) is 0 Å². The largest absolute Gasteiger partial charge is 0.220 e. The Morgan fingerprint density at radius 1 is 1.06 bits per heavy atom. The average Bonchev–Trinajstić information content (AvgIpc) is 2.90. The van der Waals surface area contributed by atoms with E-state index in [-0.39, 0.29) is 0 Å². The van der Waals surface area contributed by atoms with Crippen molar-refractivity contribution >= 4 is 0 Å². The van der Waals surface area contributed by atoms with Gasteiger partial charge in [-0.2, -0.15) is 10.2 Å². The van der Waals surface area contributed by atoms with Crippen molar-refractivity contribution in [2.24, 2.45) is 0 Å². The van der Waals surface area contributed by atoms with Gasteiger partial charge in [-0.3, -0.25) is 0 Å². The molecule has 3 aromatic rings. The van der Waals surface area contributed by atoms with Crippen LogP contribution in [0, 0.1) is 6.92 Å². The minimum absolute atomic E-state index is 0.720. The normalized spacial score (nSPS) is 10.5. The molecule has 2 heterocycles. The predicted molar refractivity (Wildman–Crippen MR) is 69.3 cm³/mol. The quantitative estimate of drug-likeness (QED) is 0.687. The van der Waals surface area contributed by atoms with Crippen molar-refractivity contribution in [3.8, 4) is 16.9 Å². The second kappa shape index (κ2) is 4.41. The number of hydrogen-bond acceptors (Lipinski definition) is 3. The maximum Gasteiger partial charge on any atom is 0.175 e. The van der Waals surface area contributed by atoms with Crippen molar-refractivity contribution < 1.29 is 0 Å². The number of aromatic nitrogens is 4. The summed E-state index contributed by atoms with van der Waals surface area (Å²) >= 11 is 0. The van der Waals surface area contributed by atoms with E-state index in [0.29, 0.717) is 0 Å². The van der Waals surface area contributed by atoms with E-state index in [0.717, 1.165) is 11.4 Å². The molecule has 0 N–H and O–H groups in total. The third kappa shape index (κ3) is 1.88. The molecule has 1 aromatic carbocycles. The monoisotopic (exact) mass is 236 g/mol. The van der Waals surface area contributed by atoms with Gasteiger partial charge in [0.05, 0.1) is 6.20 Å². The Hall–Kier alpha value is -2.49. The van der Waals surface area contributed by atoms with Crippen LogP contribution in [-0.4, -0.2) is 20.0 Å². The van der Waals surface area contributed by atoms with Crippen LogP contribution in [0.25, 0.3) is 16.9 Å². The van der Waals surface area contributed by atoms with Crippen LogP contribution < -0.4 is 0 Å². The van der Waals surface area contributed by atoms with Gasteiger partial charge in [-0.25, -0.2) is 4.68 Å². The number of rotatable bonds is 2. The Labute approximate surface area is 105 Å². The molecular formula is C14H12N4. The fourth-order valence-corrected chi connectivity index (χ4v) is 1.90. The molecule has 0 radical (unpaired) electrons. The highest BCUT2D eigenvalue weighted by atomic mass is 15.3. The molecule has 4 nitrogen and oxygen atoms in total. The van der Waals surface area contributed by atoms with Crippen molar-refractivity contribution in [2.45, 2.75) is 6.92 Å². The third-order valence-corrected chi connectivity index (χ3v) is 2.83. The summed E-state index contributed by atoms with van der Waals surface area (Å²) in [5, 5.41) is 12.2. The molecule has 2 aromatic heterocycles. The van der Waals surface area contributed by atoms with Crippen LogP contribution in [0.15, 0.2) is 55.0 Å². The van der Waals surface area contributed by atoms with Crippen molar-refractivity contribution in [1.82, 2.24) is 20.0 Å². The molecule has 0 saturated heterocycles. The Kier molecular flexibility index (Phi) is 2.61. The summed E-state index contributed by atoms with van der Waals surface area (Å²) in [4.78, 5) is 0. The summed E-state index contributed by atoms with van der Waals surface area (Å²) in [6.07, 6.45) is 5.46. The van der Waals surface area contributed by atoms with E-state index < -0.39 is 0 Å². The van der Waals surface area contributed by atoms with E-state index in [9.17, 15) is 0 Å². The second-order valence-electron chi connectivity index (χ2n) is 4.07. The number of hydrogen-bond donors (Lipinski definition) is 0. The highest BCUT2D eigenvalue weighted by molar-refractivity contribution is 5.65. The highest BCUT2D eigenvalue weighted by Crippen LogP contribution is 2.22. The lowest BCUT2D eigenvalue weighted by atomic mass is 10.0. The topological polar surface area (TPSA) is 43.6 Å². The van der Waals surface area contributed by atoms with Crippen LogP contribution in [-0.2, 0) is 0 Å². The van der Waals surface area contributed by atoms with Gasteiger partial charge in [0.15, 0.2) is 5.82 Å². The lowest BCUT2D eigenvalue weighted by molar-refractivity contribution is 0.814. The molecule has 0 spiro atoms. The van der Waals surface area contributed by atoms with Crippen molar-refractivity contribution in [3.63, 3.8) is 0 Å². The lowest BCUT2D eigenvalue weighted by Gasteiger charge is -2.01. The van der Waals surface area contributed by atoms with Crippen molar-refractivity contribution in [3.05, 3.63) is 60.6 Å². The first-order valence-corrected chi connectivity index (χ1v) is 5.73. The van der Waals surface area contributed by atoms with Crippen LogP contribution in [0.3, 0.4) is 0 Å². The summed E-state index contributed by atoms with van der Waals surface area (Å²) < 4.78 is 1.73. The fraction of sp³-hybridized carbons (Fsp3) is 0.0714. The van der Waals surface area contributed by atoms with E-state index in [1.165, 1.54) is 11.1 Å². The zero-order chi connectivity index (χ0) is 12.4. The molecule has 4 heteroatoms. The Morgan fingerprint density at radius 2 is 1.94 bits per heavy atom. The molecule has 18 heavy (non-hydrogen) atoms. The molecule has 0 unspecified atom stereocenters. The maximum absolute atomic E-state index is 4.32. The van der Waals surface area contributed by atoms with E-state index in [1.54, 1.807) is 10.9 Å². The van der Waals surface area contributed by atoms with E-state index in [4.69, 9.17) is 0 Å². The first kappa shape index (κ1) is 10.7. The molecule has 0 atom stereocenters. The van der Waals surface area contributed by atoms with E-state index in [2.05, 4.69) is 34.4 Å². The van der Waals surface area contributed by atoms with Crippen LogP contribution in [0.1, 0.15) is 5.56 Å². The van der Waals surface area contributed by atoms with Crippen LogP contribution in [0.2, 0.25) is 0 Å². The Bertz CT molecular complexity index is 658. The SMILES string of the molecule is Cc1ccccc1-c1cnn(-c2cccnn2)c1. The van der Waals surface area contributed by atoms with Gasteiger partial charge in [-0.1, -0.05) is 24.3 Å². The summed E-state index contributed by atoms with van der Waals surface area (Å²) in [6.45, 7) is 2.09. The first-order valence-electron chi connectivity index (χ1n) is 5.73. The van der Waals surface area contributed by atoms with Crippen molar-refractivity contribution in [1.29, 1.82) is 0 Å². The second-order valence-corrected chi connectivity index (χ2v) is 4.07. The number of nitrogens with zero attached hydrogens (tertiary/aromatic N) is 4. The molecule has 3 rings (SSSR count). The van der Waals surface area contributed by atoms with Gasteiger partial charge in [-0.15, -0.1) is 5.10 Å². The fourth-order valence-electron chi connectivity index (χ4n) is 1.90.